The van der Waals surface area contributed by atoms with Crippen molar-refractivity contribution in [3.63, 3.8) is 0 Å². The smallest absolute Gasteiger partial charge is 0.317 e. The number of urea groups is 1. The number of nitrogens with one attached hydrogen (secondary N) is 1. The van der Waals surface area contributed by atoms with Crippen LogP contribution < -0.4 is 5.32 Å². The molecule has 1 N–H and O–H groups in total. The van der Waals surface area contributed by atoms with Gasteiger partial charge in [0.2, 0.25) is 0 Å². The molecule has 2 amide bonds. The molecule has 1 aliphatic carbocycles. The summed E-state index contributed by atoms with van der Waals surface area (Å²) in [5.74, 6) is 1.67. The number of rotatable bonds is 3. The Morgan fingerprint density at radius 1 is 1.36 bits per heavy atom. The zero-order valence-corrected chi connectivity index (χ0v) is 13.6. The van der Waals surface area contributed by atoms with Gasteiger partial charge in [0.15, 0.2) is 0 Å². The maximum atomic E-state index is 12.3. The minimum Gasteiger partial charge on any atom is -0.464 e. The topological polar surface area (TPSA) is 54.7 Å². The molecular formula is C17H26N2O3. The monoisotopic (exact) mass is 306 g/mol. The highest BCUT2D eigenvalue weighted by atomic mass is 16.5. The molecule has 0 radical (unpaired) electrons. The standard InChI is InChI=1S/C17H26N2O3/c1-13-6-7-15(22-13)11-19(2)16(20)18-14-10-17(21-12-14)8-4-3-5-9-17/h6-7,14H,3-5,8-12H2,1-2H3,(H,18,20)/t14-/m1/s1. The number of ether oxygens (including phenoxy) is 1. The van der Waals surface area contributed by atoms with Crippen molar-refractivity contribution in [2.24, 2.45) is 0 Å². The Morgan fingerprint density at radius 3 is 2.82 bits per heavy atom. The second-order valence-electron chi connectivity index (χ2n) is 6.77. The van der Waals surface area contributed by atoms with Crippen LogP contribution in [0.5, 0.6) is 0 Å². The second kappa shape index (κ2) is 6.32. The average Bonchev–Trinajstić information content (AvgIpc) is 3.07. The Bertz CT molecular complexity index is 520. The van der Waals surface area contributed by atoms with Crippen molar-refractivity contribution in [1.29, 1.82) is 0 Å². The number of carbonyl (C=O) groups is 1. The van der Waals surface area contributed by atoms with E-state index < -0.39 is 0 Å². The van der Waals surface area contributed by atoms with E-state index in [9.17, 15) is 4.79 Å². The lowest BCUT2D eigenvalue weighted by Gasteiger charge is -2.32. The molecule has 3 rings (SSSR count). The van der Waals surface area contributed by atoms with Gasteiger partial charge in [-0.1, -0.05) is 19.3 Å². The number of nitrogens with zero attached hydrogens (tertiary/aromatic N) is 1. The van der Waals surface area contributed by atoms with E-state index in [4.69, 9.17) is 9.15 Å². The van der Waals surface area contributed by atoms with Crippen LogP contribution in [0.15, 0.2) is 16.5 Å². The van der Waals surface area contributed by atoms with Crippen molar-refractivity contribution < 1.29 is 13.9 Å². The van der Waals surface area contributed by atoms with Gasteiger partial charge in [-0.3, -0.25) is 0 Å². The van der Waals surface area contributed by atoms with Gasteiger partial charge in [0.05, 0.1) is 24.8 Å². The average molecular weight is 306 g/mol. The van der Waals surface area contributed by atoms with Crippen molar-refractivity contribution in [1.82, 2.24) is 10.2 Å². The Kier molecular flexibility index (Phi) is 4.43. The molecule has 1 saturated heterocycles. The highest BCUT2D eigenvalue weighted by Gasteiger charge is 2.41. The molecule has 1 aromatic heterocycles. The summed E-state index contributed by atoms with van der Waals surface area (Å²) in [5.41, 5.74) is 0.0346. The Hall–Kier alpha value is -1.49. The van der Waals surface area contributed by atoms with E-state index in [1.54, 1.807) is 11.9 Å². The third-order valence-electron chi connectivity index (χ3n) is 4.84. The number of aryl methyl sites for hydroxylation is 1. The molecular weight excluding hydrogens is 280 g/mol. The van der Waals surface area contributed by atoms with Crippen molar-refractivity contribution in [3.05, 3.63) is 23.7 Å². The zero-order chi connectivity index (χ0) is 15.6. The van der Waals surface area contributed by atoms with Crippen LogP contribution in [0.3, 0.4) is 0 Å². The lowest BCUT2D eigenvalue weighted by Crippen LogP contribution is -2.43. The predicted molar refractivity (Wildman–Crippen MR) is 83.6 cm³/mol. The molecule has 0 bridgehead atoms. The van der Waals surface area contributed by atoms with Gasteiger partial charge in [-0.2, -0.15) is 0 Å². The maximum absolute atomic E-state index is 12.3. The Labute approximate surface area is 132 Å². The van der Waals surface area contributed by atoms with E-state index in [-0.39, 0.29) is 17.7 Å². The van der Waals surface area contributed by atoms with Crippen LogP contribution in [0.25, 0.3) is 0 Å². The van der Waals surface area contributed by atoms with Crippen molar-refractivity contribution in [3.8, 4) is 0 Å². The molecule has 1 atom stereocenters. The summed E-state index contributed by atoms with van der Waals surface area (Å²) in [5, 5.41) is 3.10. The summed E-state index contributed by atoms with van der Waals surface area (Å²) in [6, 6.07) is 3.90. The lowest BCUT2D eigenvalue weighted by molar-refractivity contribution is -0.0246. The molecule has 2 aliphatic rings. The number of hydrogen-bond donors (Lipinski definition) is 1. The second-order valence-corrected chi connectivity index (χ2v) is 6.77. The van der Waals surface area contributed by atoms with Crippen LogP contribution in [0.2, 0.25) is 0 Å². The van der Waals surface area contributed by atoms with E-state index in [1.807, 2.05) is 19.1 Å². The molecule has 1 saturated carbocycles. The van der Waals surface area contributed by atoms with Crippen LogP contribution in [-0.2, 0) is 11.3 Å². The highest BCUT2D eigenvalue weighted by Crippen LogP contribution is 2.39. The SMILES string of the molecule is Cc1ccc(CN(C)C(=O)N[C@H]2COC3(CCCCC3)C2)o1. The van der Waals surface area contributed by atoms with Gasteiger partial charge >= 0.3 is 6.03 Å². The number of furan rings is 1. The molecule has 5 heteroatoms. The van der Waals surface area contributed by atoms with E-state index in [0.717, 1.165) is 30.8 Å². The van der Waals surface area contributed by atoms with Gasteiger partial charge < -0.3 is 19.4 Å². The minimum absolute atomic E-state index is 0.0346. The van der Waals surface area contributed by atoms with Gasteiger partial charge in [0.25, 0.3) is 0 Å². The first-order chi connectivity index (χ1) is 10.6. The molecule has 1 aliphatic heterocycles. The summed E-state index contributed by atoms with van der Waals surface area (Å²) >= 11 is 0. The Balaban J connectivity index is 1.49. The highest BCUT2D eigenvalue weighted by molar-refractivity contribution is 5.74. The zero-order valence-electron chi connectivity index (χ0n) is 13.6. The molecule has 0 aromatic carbocycles. The van der Waals surface area contributed by atoms with Gasteiger partial charge in [0, 0.05) is 7.05 Å². The first-order valence-electron chi connectivity index (χ1n) is 8.27. The van der Waals surface area contributed by atoms with Crippen LogP contribution >= 0.6 is 0 Å². The number of amides is 2. The lowest BCUT2D eigenvalue weighted by atomic mass is 9.82. The quantitative estimate of drug-likeness (QED) is 0.933. The third-order valence-corrected chi connectivity index (χ3v) is 4.84. The van der Waals surface area contributed by atoms with Crippen LogP contribution in [0.1, 0.15) is 50.0 Å². The molecule has 1 spiro atoms. The van der Waals surface area contributed by atoms with E-state index >= 15 is 0 Å². The fourth-order valence-corrected chi connectivity index (χ4v) is 3.64. The molecule has 0 unspecified atom stereocenters. The van der Waals surface area contributed by atoms with Gasteiger partial charge in [0.1, 0.15) is 11.5 Å². The normalized spacial score (nSPS) is 23.6. The van der Waals surface area contributed by atoms with Crippen LogP contribution in [0.4, 0.5) is 4.79 Å². The van der Waals surface area contributed by atoms with Gasteiger partial charge in [-0.15, -0.1) is 0 Å². The maximum Gasteiger partial charge on any atom is 0.317 e. The molecule has 122 valence electrons. The van der Waals surface area contributed by atoms with Crippen molar-refractivity contribution in [2.45, 2.75) is 63.6 Å². The predicted octanol–water partition coefficient (Wildman–Crippen LogP) is 3.22. The summed E-state index contributed by atoms with van der Waals surface area (Å²) in [4.78, 5) is 14.0. The van der Waals surface area contributed by atoms with E-state index in [1.165, 1.54) is 19.3 Å². The molecule has 2 heterocycles. The van der Waals surface area contributed by atoms with Crippen molar-refractivity contribution in [2.75, 3.05) is 13.7 Å². The largest absolute Gasteiger partial charge is 0.464 e. The number of carbonyl (C=O) groups excluding carboxylic acids is 1. The molecule has 5 nitrogen and oxygen atoms in total. The first-order valence-corrected chi connectivity index (χ1v) is 8.27. The van der Waals surface area contributed by atoms with Gasteiger partial charge in [-0.05, 0) is 38.3 Å². The molecule has 1 aromatic rings. The Morgan fingerprint density at radius 2 is 2.14 bits per heavy atom. The van der Waals surface area contributed by atoms with E-state index in [2.05, 4.69) is 5.32 Å². The molecule has 2 fully saturated rings. The van der Waals surface area contributed by atoms with Gasteiger partial charge in [-0.25, -0.2) is 4.79 Å². The third kappa shape index (κ3) is 3.46. The fourth-order valence-electron chi connectivity index (χ4n) is 3.64. The summed E-state index contributed by atoms with van der Waals surface area (Å²) in [6.07, 6.45) is 7.04. The fraction of sp³-hybridized carbons (Fsp3) is 0.706. The van der Waals surface area contributed by atoms with E-state index in [0.29, 0.717) is 13.2 Å². The van der Waals surface area contributed by atoms with Crippen LogP contribution in [-0.4, -0.2) is 36.2 Å². The van der Waals surface area contributed by atoms with Crippen molar-refractivity contribution >= 4 is 6.03 Å². The first kappa shape index (κ1) is 15.4. The number of hydrogen-bond acceptors (Lipinski definition) is 3. The van der Waals surface area contributed by atoms with Crippen LogP contribution in [0, 0.1) is 6.92 Å². The summed E-state index contributed by atoms with van der Waals surface area (Å²) in [6.45, 7) is 3.03. The summed E-state index contributed by atoms with van der Waals surface area (Å²) < 4.78 is 11.6. The minimum atomic E-state index is -0.0597. The summed E-state index contributed by atoms with van der Waals surface area (Å²) in [7, 11) is 1.79. The molecule has 22 heavy (non-hydrogen) atoms.